The van der Waals surface area contributed by atoms with Gasteiger partial charge in [-0.2, -0.15) is 4.98 Å². The first kappa shape index (κ1) is 17.8. The number of nitrogen functional groups attached to an aromatic ring is 1. The number of nitrogens with two attached hydrogens (primary N) is 1. The van der Waals surface area contributed by atoms with Crippen LogP contribution in [0.25, 0.3) is 0 Å². The predicted molar refractivity (Wildman–Crippen MR) is 93.9 cm³/mol. The molecule has 7 nitrogen and oxygen atoms in total. The van der Waals surface area contributed by atoms with Gasteiger partial charge in [0, 0.05) is 12.6 Å². The molecule has 1 aromatic heterocycles. The molecule has 0 aliphatic rings. The van der Waals surface area contributed by atoms with Gasteiger partial charge in [0.05, 0.1) is 19.9 Å². The van der Waals surface area contributed by atoms with Crippen molar-refractivity contribution in [2.24, 2.45) is 0 Å². The van der Waals surface area contributed by atoms with Crippen molar-refractivity contribution in [3.05, 3.63) is 29.5 Å². The molecular weight excluding hydrogens is 308 g/mol. The van der Waals surface area contributed by atoms with Gasteiger partial charge in [0.1, 0.15) is 11.5 Å². The average Bonchev–Trinajstić information content (AvgIpc) is 2.56. The van der Waals surface area contributed by atoms with Gasteiger partial charge in [-0.05, 0) is 30.0 Å². The minimum Gasteiger partial charge on any atom is -0.496 e. The summed E-state index contributed by atoms with van der Waals surface area (Å²) in [5.74, 6) is 2.63. The van der Waals surface area contributed by atoms with Crippen LogP contribution in [0.15, 0.2) is 18.3 Å². The Morgan fingerprint density at radius 1 is 1.25 bits per heavy atom. The van der Waals surface area contributed by atoms with Gasteiger partial charge in [-0.25, -0.2) is 4.98 Å². The quantitative estimate of drug-likeness (QED) is 0.716. The highest BCUT2D eigenvalue weighted by Crippen LogP contribution is 2.37. The lowest BCUT2D eigenvalue weighted by molar-refractivity contribution is 0.311. The Bertz CT molecular complexity index is 704. The lowest BCUT2D eigenvalue weighted by Crippen LogP contribution is -2.10. The highest BCUT2D eigenvalue weighted by atomic mass is 16.5. The van der Waals surface area contributed by atoms with Crippen molar-refractivity contribution in [1.82, 2.24) is 9.97 Å². The van der Waals surface area contributed by atoms with Crippen LogP contribution in [0.4, 0.5) is 11.8 Å². The van der Waals surface area contributed by atoms with Gasteiger partial charge in [-0.15, -0.1) is 0 Å². The maximum atomic E-state index is 8.81. The van der Waals surface area contributed by atoms with Gasteiger partial charge < -0.3 is 25.6 Å². The molecule has 0 unspecified atom stereocenters. The van der Waals surface area contributed by atoms with E-state index < -0.39 is 0 Å². The summed E-state index contributed by atoms with van der Waals surface area (Å²) in [4.78, 5) is 8.27. The third-order valence-electron chi connectivity index (χ3n) is 3.55. The molecule has 0 fully saturated rings. The predicted octanol–water partition coefficient (Wildman–Crippen LogP) is 2.70. The highest BCUT2D eigenvalue weighted by Gasteiger charge is 2.15. The molecule has 0 saturated heterocycles. The van der Waals surface area contributed by atoms with Crippen LogP contribution >= 0.6 is 0 Å². The topological polar surface area (TPSA) is 103 Å². The molecule has 2 rings (SSSR count). The summed E-state index contributed by atoms with van der Waals surface area (Å²) in [6, 6.07) is 3.90. The zero-order chi connectivity index (χ0) is 17.7. The lowest BCUT2D eigenvalue weighted by Gasteiger charge is -2.17. The number of aliphatic hydroxyl groups excluding tert-OH is 1. The molecule has 0 radical (unpaired) electrons. The largest absolute Gasteiger partial charge is 0.496 e. The molecule has 130 valence electrons. The number of aliphatic hydroxyl groups is 1. The van der Waals surface area contributed by atoms with Crippen molar-refractivity contribution in [3.63, 3.8) is 0 Å². The molecule has 0 bridgehead atoms. The van der Waals surface area contributed by atoms with Crippen LogP contribution in [0.1, 0.15) is 30.9 Å². The van der Waals surface area contributed by atoms with Gasteiger partial charge in [-0.1, -0.05) is 13.8 Å². The number of benzene rings is 1. The van der Waals surface area contributed by atoms with Crippen LogP contribution in [0.2, 0.25) is 0 Å². The normalized spacial score (nSPS) is 10.8. The SMILES string of the molecule is COc1cc(Oc2cnc(NCCO)nc2N)c(C(C)C)cc1C. The van der Waals surface area contributed by atoms with E-state index in [1.165, 1.54) is 6.20 Å². The third-order valence-corrected chi connectivity index (χ3v) is 3.55. The molecule has 24 heavy (non-hydrogen) atoms. The number of methoxy groups -OCH3 is 1. The van der Waals surface area contributed by atoms with Crippen molar-refractivity contribution < 1.29 is 14.6 Å². The zero-order valence-electron chi connectivity index (χ0n) is 14.5. The Balaban J connectivity index is 2.33. The Kier molecular flexibility index (Phi) is 5.81. The summed E-state index contributed by atoms with van der Waals surface area (Å²) in [6.07, 6.45) is 1.51. The first-order chi connectivity index (χ1) is 11.5. The number of ether oxygens (including phenoxy) is 2. The number of aryl methyl sites for hydroxylation is 1. The van der Waals surface area contributed by atoms with E-state index in [1.54, 1.807) is 7.11 Å². The van der Waals surface area contributed by atoms with Crippen molar-refractivity contribution in [2.45, 2.75) is 26.7 Å². The van der Waals surface area contributed by atoms with E-state index in [4.69, 9.17) is 20.3 Å². The van der Waals surface area contributed by atoms with Gasteiger partial charge >= 0.3 is 0 Å². The Hall–Kier alpha value is -2.54. The van der Waals surface area contributed by atoms with E-state index in [9.17, 15) is 0 Å². The average molecular weight is 332 g/mol. The number of rotatable bonds is 7. The van der Waals surface area contributed by atoms with Crippen molar-refractivity contribution in [2.75, 3.05) is 31.3 Å². The van der Waals surface area contributed by atoms with Gasteiger partial charge in [0.25, 0.3) is 0 Å². The van der Waals surface area contributed by atoms with Gasteiger partial charge in [0.15, 0.2) is 11.6 Å². The molecule has 7 heteroatoms. The second-order valence-corrected chi connectivity index (χ2v) is 5.71. The number of nitrogens with zero attached hydrogens (tertiary/aromatic N) is 2. The summed E-state index contributed by atoms with van der Waals surface area (Å²) in [5.41, 5.74) is 8.05. The first-order valence-corrected chi connectivity index (χ1v) is 7.79. The van der Waals surface area contributed by atoms with E-state index in [0.717, 1.165) is 16.9 Å². The second-order valence-electron chi connectivity index (χ2n) is 5.71. The summed E-state index contributed by atoms with van der Waals surface area (Å²) in [7, 11) is 1.63. The minimum absolute atomic E-state index is 0.0115. The smallest absolute Gasteiger partial charge is 0.224 e. The zero-order valence-corrected chi connectivity index (χ0v) is 14.5. The fraction of sp³-hybridized carbons (Fsp3) is 0.412. The maximum absolute atomic E-state index is 8.81. The van der Waals surface area contributed by atoms with Crippen molar-refractivity contribution in [1.29, 1.82) is 0 Å². The molecule has 0 aliphatic heterocycles. The summed E-state index contributed by atoms with van der Waals surface area (Å²) in [6.45, 7) is 6.52. The number of anilines is 2. The van der Waals surface area contributed by atoms with E-state index in [1.807, 2.05) is 19.1 Å². The molecule has 0 amide bonds. The fourth-order valence-electron chi connectivity index (χ4n) is 2.29. The monoisotopic (exact) mass is 332 g/mol. The van der Waals surface area contributed by atoms with Crippen LogP contribution < -0.4 is 20.5 Å². The van der Waals surface area contributed by atoms with Crippen molar-refractivity contribution >= 4 is 11.8 Å². The molecule has 1 aromatic carbocycles. The second kappa shape index (κ2) is 7.83. The van der Waals surface area contributed by atoms with Crippen LogP contribution in [0, 0.1) is 6.92 Å². The fourth-order valence-corrected chi connectivity index (χ4v) is 2.29. The summed E-state index contributed by atoms with van der Waals surface area (Å²) < 4.78 is 11.3. The van der Waals surface area contributed by atoms with Crippen LogP contribution in [0.5, 0.6) is 17.2 Å². The standard InChI is InChI=1S/C17H24N4O3/c1-10(2)12-7-11(3)13(23-4)8-14(12)24-15-9-20-17(19-5-6-22)21-16(15)18/h7-10,22H,5-6H2,1-4H3,(H3,18,19,20,21). The minimum atomic E-state index is -0.0115. The molecule has 2 aromatic rings. The lowest BCUT2D eigenvalue weighted by atomic mass is 9.99. The molecule has 0 atom stereocenters. The Morgan fingerprint density at radius 3 is 2.58 bits per heavy atom. The molecule has 4 N–H and O–H groups in total. The van der Waals surface area contributed by atoms with Crippen LogP contribution in [-0.4, -0.2) is 35.3 Å². The highest BCUT2D eigenvalue weighted by molar-refractivity contribution is 5.53. The third kappa shape index (κ3) is 4.05. The van der Waals surface area contributed by atoms with E-state index >= 15 is 0 Å². The molecule has 0 spiro atoms. The Labute approximate surface area is 141 Å². The molecule has 1 heterocycles. The van der Waals surface area contributed by atoms with Gasteiger partial charge in [0.2, 0.25) is 5.95 Å². The summed E-state index contributed by atoms with van der Waals surface area (Å²) in [5, 5.41) is 11.7. The van der Waals surface area contributed by atoms with Crippen LogP contribution in [-0.2, 0) is 0 Å². The molecular formula is C17H24N4O3. The maximum Gasteiger partial charge on any atom is 0.224 e. The number of hydrogen-bond donors (Lipinski definition) is 3. The first-order valence-electron chi connectivity index (χ1n) is 7.79. The number of nitrogens with one attached hydrogen (secondary N) is 1. The molecule has 0 aliphatic carbocycles. The Morgan fingerprint density at radius 2 is 2.00 bits per heavy atom. The number of aromatic nitrogens is 2. The van der Waals surface area contributed by atoms with Crippen LogP contribution in [0.3, 0.4) is 0 Å². The number of hydrogen-bond acceptors (Lipinski definition) is 7. The van der Waals surface area contributed by atoms with Crippen molar-refractivity contribution in [3.8, 4) is 17.2 Å². The van der Waals surface area contributed by atoms with Gasteiger partial charge in [-0.3, -0.25) is 0 Å². The van der Waals surface area contributed by atoms with E-state index in [-0.39, 0.29) is 18.3 Å². The molecule has 0 saturated carbocycles. The van der Waals surface area contributed by atoms with E-state index in [0.29, 0.717) is 24.0 Å². The summed E-state index contributed by atoms with van der Waals surface area (Å²) >= 11 is 0. The van der Waals surface area contributed by atoms with E-state index in [2.05, 4.69) is 29.1 Å².